The average Bonchev–Trinajstić information content (AvgIpc) is 3.79. The van der Waals surface area contributed by atoms with Crippen molar-refractivity contribution in [3.05, 3.63) is 86.0 Å². The molecule has 6 rings (SSSR count). The van der Waals surface area contributed by atoms with Gasteiger partial charge in [0.25, 0.3) is 0 Å². The lowest BCUT2D eigenvalue weighted by Gasteiger charge is -2.36. The third-order valence-electron chi connectivity index (χ3n) is 9.40. The number of hydrogen-bond acceptors (Lipinski definition) is 6. The Kier molecular flexibility index (Phi) is 10.8. The fourth-order valence-corrected chi connectivity index (χ4v) is 7.64. The Bertz CT molecular complexity index is 1580. The fourth-order valence-electron chi connectivity index (χ4n) is 6.78. The molecule has 2 amide bonds. The maximum atomic E-state index is 14.3. The Hall–Kier alpha value is -3.04. The number of rotatable bonds is 11. The number of carbonyl (C=O) groups excluding carboxylic acids is 2. The van der Waals surface area contributed by atoms with Crippen LogP contribution in [-0.2, 0) is 22.6 Å². The van der Waals surface area contributed by atoms with Gasteiger partial charge in [0, 0.05) is 56.8 Å². The molecule has 1 aromatic heterocycles. The van der Waals surface area contributed by atoms with E-state index in [1.165, 1.54) is 6.92 Å². The molecule has 3 heterocycles. The number of piperidine rings is 1. The molecule has 1 aliphatic carbocycles. The molecule has 2 aliphatic heterocycles. The minimum atomic E-state index is -0.188. The Morgan fingerprint density at radius 1 is 1.04 bits per heavy atom. The predicted octanol–water partition coefficient (Wildman–Crippen LogP) is 6.57. The topological polar surface area (TPSA) is 86.8 Å². The summed E-state index contributed by atoms with van der Waals surface area (Å²) in [5.74, 6) is 1.44. The highest BCUT2D eigenvalue weighted by molar-refractivity contribution is 6.37. The predicted molar refractivity (Wildman–Crippen MR) is 188 cm³/mol. The second-order valence-electron chi connectivity index (χ2n) is 13.0. The maximum absolute atomic E-state index is 14.3. The standard InChI is InChI=1S/C36H42Cl3N5O3/c1-22-15-32(38)35(33(39)16-22)47-28-11-14-43(21-28)34-8-4-25(18-42-34)29-10-12-40-19-30(29)36(46)44(27-5-6-27)20-26-17-24(3-7-31(26)37)9-13-41-23(2)45/h3-4,7-8,15-18,27-30,40H,5-6,9-14,19-21H2,1-2H3,(H,41,45)/t28-,29?,30?/m0/s1. The molecule has 2 saturated heterocycles. The number of aromatic nitrogens is 1. The van der Waals surface area contributed by atoms with Gasteiger partial charge in [0.05, 0.1) is 22.5 Å². The van der Waals surface area contributed by atoms with Gasteiger partial charge < -0.3 is 25.2 Å². The van der Waals surface area contributed by atoms with E-state index in [1.54, 1.807) is 0 Å². The third kappa shape index (κ3) is 8.34. The minimum absolute atomic E-state index is 0.0413. The number of hydrogen-bond donors (Lipinski definition) is 2. The molecular weight excluding hydrogens is 657 g/mol. The summed E-state index contributed by atoms with van der Waals surface area (Å²) >= 11 is 19.5. The van der Waals surface area contributed by atoms with E-state index in [-0.39, 0.29) is 35.8 Å². The summed E-state index contributed by atoms with van der Waals surface area (Å²) in [6.07, 6.45) is 6.34. The molecule has 2 unspecified atom stereocenters. The van der Waals surface area contributed by atoms with Crippen LogP contribution >= 0.6 is 34.8 Å². The molecular formula is C36H42Cl3N5O3. The molecule has 250 valence electrons. The number of carbonyl (C=O) groups is 2. The molecule has 3 aliphatic rings. The fraction of sp³-hybridized carbons (Fsp3) is 0.472. The smallest absolute Gasteiger partial charge is 0.228 e. The van der Waals surface area contributed by atoms with Gasteiger partial charge in [-0.05, 0) is 91.6 Å². The van der Waals surface area contributed by atoms with E-state index in [4.69, 9.17) is 44.5 Å². The Labute approximate surface area is 292 Å². The van der Waals surface area contributed by atoms with Crippen LogP contribution in [0.1, 0.15) is 60.8 Å². The summed E-state index contributed by atoms with van der Waals surface area (Å²) < 4.78 is 6.23. The first-order valence-corrected chi connectivity index (χ1v) is 17.7. The first kappa shape index (κ1) is 33.8. The number of nitrogens with zero attached hydrogens (tertiary/aromatic N) is 3. The van der Waals surface area contributed by atoms with E-state index in [2.05, 4.69) is 33.7 Å². The number of ether oxygens (including phenoxy) is 1. The zero-order valence-electron chi connectivity index (χ0n) is 26.9. The summed E-state index contributed by atoms with van der Waals surface area (Å²) in [5, 5.41) is 8.02. The maximum Gasteiger partial charge on any atom is 0.228 e. The van der Waals surface area contributed by atoms with Crippen molar-refractivity contribution in [3.8, 4) is 5.75 Å². The highest BCUT2D eigenvalue weighted by Crippen LogP contribution is 2.38. The van der Waals surface area contributed by atoms with Crippen molar-refractivity contribution in [2.75, 3.05) is 37.6 Å². The van der Waals surface area contributed by atoms with Crippen molar-refractivity contribution >= 4 is 52.4 Å². The number of pyridine rings is 1. The summed E-state index contributed by atoms with van der Waals surface area (Å²) in [6, 6.07) is 14.1. The second-order valence-corrected chi connectivity index (χ2v) is 14.3. The molecule has 1 saturated carbocycles. The Balaban J connectivity index is 1.12. The summed E-state index contributed by atoms with van der Waals surface area (Å²) in [4.78, 5) is 34.7. The number of benzene rings is 2. The van der Waals surface area contributed by atoms with Crippen molar-refractivity contribution in [2.45, 2.75) is 70.6 Å². The van der Waals surface area contributed by atoms with Crippen LogP contribution in [-0.4, -0.2) is 66.6 Å². The summed E-state index contributed by atoms with van der Waals surface area (Å²) in [7, 11) is 0. The number of anilines is 1. The first-order chi connectivity index (χ1) is 22.7. The molecule has 0 radical (unpaired) electrons. The lowest BCUT2D eigenvalue weighted by Crippen LogP contribution is -2.47. The minimum Gasteiger partial charge on any atom is -0.485 e. The van der Waals surface area contributed by atoms with Gasteiger partial charge in [-0.1, -0.05) is 53.0 Å². The Morgan fingerprint density at radius 2 is 1.83 bits per heavy atom. The second kappa shape index (κ2) is 15.0. The molecule has 11 heteroatoms. The molecule has 3 fully saturated rings. The van der Waals surface area contributed by atoms with Crippen LogP contribution in [0.2, 0.25) is 15.1 Å². The van der Waals surface area contributed by atoms with Gasteiger partial charge >= 0.3 is 0 Å². The summed E-state index contributed by atoms with van der Waals surface area (Å²) in [6.45, 7) is 7.51. The van der Waals surface area contributed by atoms with E-state index in [0.717, 1.165) is 66.8 Å². The van der Waals surface area contributed by atoms with Crippen LogP contribution in [0.3, 0.4) is 0 Å². The zero-order valence-corrected chi connectivity index (χ0v) is 29.2. The van der Waals surface area contributed by atoms with Gasteiger partial charge in [-0.2, -0.15) is 0 Å². The van der Waals surface area contributed by atoms with Gasteiger partial charge in [-0.3, -0.25) is 9.59 Å². The third-order valence-corrected chi connectivity index (χ3v) is 10.3. The van der Waals surface area contributed by atoms with Gasteiger partial charge in [0.2, 0.25) is 11.8 Å². The van der Waals surface area contributed by atoms with E-state index in [1.807, 2.05) is 42.3 Å². The van der Waals surface area contributed by atoms with Crippen LogP contribution in [0.4, 0.5) is 5.82 Å². The first-order valence-electron chi connectivity index (χ1n) is 16.5. The van der Waals surface area contributed by atoms with Crippen molar-refractivity contribution in [1.29, 1.82) is 0 Å². The van der Waals surface area contributed by atoms with E-state index in [0.29, 0.717) is 53.4 Å². The van der Waals surface area contributed by atoms with E-state index in [9.17, 15) is 9.59 Å². The molecule has 2 aromatic carbocycles. The monoisotopic (exact) mass is 697 g/mol. The molecule has 3 atom stereocenters. The van der Waals surface area contributed by atoms with Crippen LogP contribution < -0.4 is 20.3 Å². The number of aryl methyl sites for hydroxylation is 1. The molecule has 0 bridgehead atoms. The zero-order chi connectivity index (χ0) is 33.1. The van der Waals surface area contributed by atoms with Gasteiger partial charge in [0.1, 0.15) is 11.9 Å². The molecule has 3 aromatic rings. The molecule has 2 N–H and O–H groups in total. The van der Waals surface area contributed by atoms with Crippen molar-refractivity contribution < 1.29 is 14.3 Å². The highest BCUT2D eigenvalue weighted by atomic mass is 35.5. The molecule has 0 spiro atoms. The molecule has 47 heavy (non-hydrogen) atoms. The quantitative estimate of drug-likeness (QED) is 0.236. The van der Waals surface area contributed by atoms with Crippen LogP contribution in [0.25, 0.3) is 0 Å². The van der Waals surface area contributed by atoms with Crippen LogP contribution in [0.5, 0.6) is 5.75 Å². The summed E-state index contributed by atoms with van der Waals surface area (Å²) in [5.41, 5.74) is 4.11. The van der Waals surface area contributed by atoms with E-state index < -0.39 is 0 Å². The normalized spacial score (nSPS) is 21.0. The van der Waals surface area contributed by atoms with Gasteiger partial charge in [-0.25, -0.2) is 4.98 Å². The van der Waals surface area contributed by atoms with Crippen molar-refractivity contribution in [2.24, 2.45) is 5.92 Å². The van der Waals surface area contributed by atoms with Gasteiger partial charge in [-0.15, -0.1) is 0 Å². The van der Waals surface area contributed by atoms with E-state index >= 15 is 0 Å². The van der Waals surface area contributed by atoms with Crippen molar-refractivity contribution in [1.82, 2.24) is 20.5 Å². The largest absolute Gasteiger partial charge is 0.485 e. The van der Waals surface area contributed by atoms with Crippen LogP contribution in [0.15, 0.2) is 48.7 Å². The van der Waals surface area contributed by atoms with Crippen molar-refractivity contribution in [3.63, 3.8) is 0 Å². The Morgan fingerprint density at radius 3 is 2.53 bits per heavy atom. The lowest BCUT2D eigenvalue weighted by atomic mass is 9.80. The molecule has 8 nitrogen and oxygen atoms in total. The average molecular weight is 699 g/mol. The SMILES string of the molecule is CC(=O)NCCc1ccc(Cl)c(CN(C(=O)C2CNCCC2c2ccc(N3CC[C@H](Oc4c(Cl)cc(C)cc4Cl)C3)nc2)C2CC2)c1. The number of nitrogens with one attached hydrogen (secondary N) is 2. The number of halogens is 3. The number of amides is 2. The highest BCUT2D eigenvalue weighted by Gasteiger charge is 2.40. The lowest BCUT2D eigenvalue weighted by molar-refractivity contribution is -0.138. The van der Waals surface area contributed by atoms with Gasteiger partial charge in [0.15, 0.2) is 5.75 Å². The van der Waals surface area contributed by atoms with Crippen LogP contribution in [0, 0.1) is 12.8 Å².